The summed E-state index contributed by atoms with van der Waals surface area (Å²) < 4.78 is 0. The molecule has 1 rings (SSSR count). The summed E-state index contributed by atoms with van der Waals surface area (Å²) in [6, 6.07) is 4.92. The van der Waals surface area contributed by atoms with E-state index in [2.05, 4.69) is 18.7 Å². The van der Waals surface area contributed by atoms with Crippen LogP contribution in [0.3, 0.4) is 0 Å². The molecule has 1 amide bonds. The van der Waals surface area contributed by atoms with Crippen molar-refractivity contribution < 1.29 is 9.72 Å². The number of benzene rings is 1. The van der Waals surface area contributed by atoms with Gasteiger partial charge in [-0.25, -0.2) is 0 Å². The average Bonchev–Trinajstić information content (AvgIpc) is 2.53. The molecule has 1 aromatic carbocycles. The lowest BCUT2D eigenvalue weighted by molar-refractivity contribution is -0.385. The van der Waals surface area contributed by atoms with Gasteiger partial charge in [0.1, 0.15) is 5.56 Å². The summed E-state index contributed by atoms with van der Waals surface area (Å²) in [5.41, 5.74) is 0.610. The number of hydrogen-bond acceptors (Lipinski definition) is 4. The van der Waals surface area contributed by atoms with Crippen molar-refractivity contribution >= 4 is 11.6 Å². The fourth-order valence-electron chi connectivity index (χ4n) is 2.76. The molecular weight excluding hydrogens is 306 g/mol. The topological polar surface area (TPSA) is 66.7 Å². The van der Waals surface area contributed by atoms with Gasteiger partial charge in [-0.2, -0.15) is 0 Å². The summed E-state index contributed by atoms with van der Waals surface area (Å²) >= 11 is 0. The highest BCUT2D eigenvalue weighted by Gasteiger charge is 2.26. The number of para-hydroxylation sites is 1. The van der Waals surface area contributed by atoms with Crippen LogP contribution in [-0.4, -0.2) is 53.4 Å². The molecular formula is C18H29N3O3. The Bertz CT molecular complexity index is 569. The Morgan fingerprint density at radius 3 is 2.33 bits per heavy atom. The molecule has 6 heteroatoms. The van der Waals surface area contributed by atoms with E-state index in [0.717, 1.165) is 19.6 Å². The number of likely N-dealkylation sites (N-methyl/N-ethyl adjacent to an activating group) is 1. The van der Waals surface area contributed by atoms with Crippen LogP contribution >= 0.6 is 0 Å². The van der Waals surface area contributed by atoms with Crippen LogP contribution in [0, 0.1) is 23.0 Å². The predicted molar refractivity (Wildman–Crippen MR) is 96.4 cm³/mol. The Morgan fingerprint density at radius 1 is 1.21 bits per heavy atom. The Labute approximate surface area is 144 Å². The van der Waals surface area contributed by atoms with Crippen LogP contribution in [0.5, 0.6) is 0 Å². The zero-order chi connectivity index (χ0) is 18.3. The Morgan fingerprint density at radius 2 is 1.83 bits per heavy atom. The third-order valence-electron chi connectivity index (χ3n) is 4.10. The van der Waals surface area contributed by atoms with Gasteiger partial charge in [0.25, 0.3) is 11.6 Å². The van der Waals surface area contributed by atoms with E-state index in [1.54, 1.807) is 30.0 Å². The Kier molecular flexibility index (Phi) is 7.85. The summed E-state index contributed by atoms with van der Waals surface area (Å²) in [5.74, 6) is 0.0424. The minimum atomic E-state index is -0.458. The SMILES string of the molecule is CCN(CC)CCN(CC(C)C)C(=O)c1cccc(C)c1[N+](=O)[O-]. The largest absolute Gasteiger partial charge is 0.337 e. The molecule has 0 aliphatic carbocycles. The monoisotopic (exact) mass is 335 g/mol. The third-order valence-corrected chi connectivity index (χ3v) is 4.10. The van der Waals surface area contributed by atoms with Crippen molar-refractivity contribution in [2.45, 2.75) is 34.6 Å². The highest BCUT2D eigenvalue weighted by atomic mass is 16.6. The summed E-state index contributed by atoms with van der Waals surface area (Å²) in [6.45, 7) is 13.7. The molecule has 0 unspecified atom stereocenters. The van der Waals surface area contributed by atoms with E-state index < -0.39 is 4.92 Å². The molecule has 0 bridgehead atoms. The first-order chi connectivity index (χ1) is 11.3. The van der Waals surface area contributed by atoms with Crippen LogP contribution in [0.2, 0.25) is 0 Å². The molecule has 0 aliphatic rings. The molecule has 0 N–H and O–H groups in total. The van der Waals surface area contributed by atoms with E-state index >= 15 is 0 Å². The summed E-state index contributed by atoms with van der Waals surface area (Å²) in [5, 5.41) is 11.4. The van der Waals surface area contributed by atoms with E-state index in [-0.39, 0.29) is 17.2 Å². The summed E-state index contributed by atoms with van der Waals surface area (Å²) in [6.07, 6.45) is 0. The second kappa shape index (κ2) is 9.37. The van der Waals surface area contributed by atoms with Crippen LogP contribution in [0.25, 0.3) is 0 Å². The van der Waals surface area contributed by atoms with Crippen LogP contribution in [0.1, 0.15) is 43.6 Å². The number of carbonyl (C=O) groups is 1. The lowest BCUT2D eigenvalue weighted by atomic mass is 10.1. The standard InChI is InChI=1S/C18H29N3O3/c1-6-19(7-2)11-12-20(13-14(3)4)18(22)16-10-8-9-15(5)17(16)21(23)24/h8-10,14H,6-7,11-13H2,1-5H3. The predicted octanol–water partition coefficient (Wildman–Crippen LogP) is 3.34. The molecule has 134 valence electrons. The third kappa shape index (κ3) is 5.30. The number of hydrogen-bond donors (Lipinski definition) is 0. The van der Waals surface area contributed by atoms with Gasteiger partial charge in [0.15, 0.2) is 0 Å². The maximum Gasteiger partial charge on any atom is 0.285 e. The van der Waals surface area contributed by atoms with Gasteiger partial charge in [-0.3, -0.25) is 14.9 Å². The van der Waals surface area contributed by atoms with Gasteiger partial charge in [0, 0.05) is 25.2 Å². The fraction of sp³-hybridized carbons (Fsp3) is 0.611. The fourth-order valence-corrected chi connectivity index (χ4v) is 2.76. The molecule has 0 saturated heterocycles. The molecule has 24 heavy (non-hydrogen) atoms. The number of amides is 1. The van der Waals surface area contributed by atoms with Crippen molar-refractivity contribution in [2.24, 2.45) is 5.92 Å². The molecule has 0 radical (unpaired) electrons. The highest BCUT2D eigenvalue weighted by molar-refractivity contribution is 5.98. The maximum absolute atomic E-state index is 12.9. The minimum absolute atomic E-state index is 0.0842. The van der Waals surface area contributed by atoms with E-state index in [0.29, 0.717) is 24.6 Å². The Hall–Kier alpha value is -1.95. The molecule has 0 aliphatic heterocycles. The van der Waals surface area contributed by atoms with E-state index in [9.17, 15) is 14.9 Å². The molecule has 0 spiro atoms. The number of rotatable bonds is 9. The second-order valence-corrected chi connectivity index (χ2v) is 6.40. The van der Waals surface area contributed by atoms with Gasteiger partial charge >= 0.3 is 0 Å². The first-order valence-corrected chi connectivity index (χ1v) is 8.57. The lowest BCUT2D eigenvalue weighted by Gasteiger charge is -2.28. The van der Waals surface area contributed by atoms with E-state index in [1.807, 2.05) is 13.8 Å². The number of carbonyl (C=O) groups excluding carboxylic acids is 1. The quantitative estimate of drug-likeness (QED) is 0.513. The van der Waals surface area contributed by atoms with Gasteiger partial charge in [0.2, 0.25) is 0 Å². The van der Waals surface area contributed by atoms with Gasteiger partial charge in [-0.1, -0.05) is 39.8 Å². The molecule has 0 fully saturated rings. The zero-order valence-corrected chi connectivity index (χ0v) is 15.4. The smallest absolute Gasteiger partial charge is 0.285 e. The first-order valence-electron chi connectivity index (χ1n) is 8.57. The molecule has 0 heterocycles. The van der Waals surface area contributed by atoms with Crippen molar-refractivity contribution in [1.29, 1.82) is 0 Å². The van der Waals surface area contributed by atoms with E-state index in [4.69, 9.17) is 0 Å². The molecule has 0 aromatic heterocycles. The maximum atomic E-state index is 12.9. The second-order valence-electron chi connectivity index (χ2n) is 6.40. The zero-order valence-electron chi connectivity index (χ0n) is 15.4. The Balaban J connectivity index is 3.08. The highest BCUT2D eigenvalue weighted by Crippen LogP contribution is 2.24. The van der Waals surface area contributed by atoms with Gasteiger partial charge in [0.05, 0.1) is 4.92 Å². The normalized spacial score (nSPS) is 11.1. The lowest BCUT2D eigenvalue weighted by Crippen LogP contribution is -2.40. The number of nitro groups is 1. The van der Waals surface area contributed by atoms with Crippen LogP contribution in [0.4, 0.5) is 5.69 Å². The number of nitrogens with zero attached hydrogens (tertiary/aromatic N) is 3. The van der Waals surface area contributed by atoms with Gasteiger partial charge < -0.3 is 9.80 Å². The van der Waals surface area contributed by atoms with Crippen molar-refractivity contribution in [1.82, 2.24) is 9.80 Å². The number of nitro benzene ring substituents is 1. The van der Waals surface area contributed by atoms with Crippen LogP contribution in [-0.2, 0) is 0 Å². The first kappa shape index (κ1) is 20.1. The molecule has 0 atom stereocenters. The summed E-state index contributed by atoms with van der Waals surface area (Å²) in [4.78, 5) is 27.9. The minimum Gasteiger partial charge on any atom is -0.337 e. The van der Waals surface area contributed by atoms with Crippen LogP contribution < -0.4 is 0 Å². The van der Waals surface area contributed by atoms with Crippen molar-refractivity contribution in [3.63, 3.8) is 0 Å². The number of aryl methyl sites for hydroxylation is 1. The van der Waals surface area contributed by atoms with Gasteiger partial charge in [-0.05, 0) is 32.0 Å². The van der Waals surface area contributed by atoms with Gasteiger partial charge in [-0.15, -0.1) is 0 Å². The van der Waals surface area contributed by atoms with Crippen molar-refractivity contribution in [2.75, 3.05) is 32.7 Å². The van der Waals surface area contributed by atoms with E-state index in [1.165, 1.54) is 0 Å². The van der Waals surface area contributed by atoms with Crippen molar-refractivity contribution in [3.8, 4) is 0 Å². The van der Waals surface area contributed by atoms with Crippen molar-refractivity contribution in [3.05, 3.63) is 39.4 Å². The van der Waals surface area contributed by atoms with Crippen LogP contribution in [0.15, 0.2) is 18.2 Å². The molecule has 0 saturated carbocycles. The average molecular weight is 335 g/mol. The molecule has 6 nitrogen and oxygen atoms in total. The molecule has 1 aromatic rings. The summed E-state index contributed by atoms with van der Waals surface area (Å²) in [7, 11) is 0.